The smallest absolute Gasteiger partial charge is 0.00342 e. The third-order valence-corrected chi connectivity index (χ3v) is 1.69. The first-order valence-corrected chi connectivity index (χ1v) is 4.75. The van der Waals surface area contributed by atoms with Gasteiger partial charge < -0.3 is 0 Å². The summed E-state index contributed by atoms with van der Waals surface area (Å²) in [7, 11) is 0. The van der Waals surface area contributed by atoms with Crippen molar-refractivity contribution >= 4 is 15.9 Å². The van der Waals surface area contributed by atoms with Gasteiger partial charge >= 0.3 is 0 Å². The monoisotopic (exact) mass is 190 g/mol. The van der Waals surface area contributed by atoms with Gasteiger partial charge in [0, 0.05) is 5.33 Å². The van der Waals surface area contributed by atoms with Gasteiger partial charge in [-0.2, -0.15) is 0 Å². The van der Waals surface area contributed by atoms with Gasteiger partial charge in [-0.05, 0) is 19.3 Å². The van der Waals surface area contributed by atoms with Crippen molar-refractivity contribution in [1.82, 2.24) is 0 Å². The van der Waals surface area contributed by atoms with E-state index in [1.54, 1.807) is 0 Å². The van der Waals surface area contributed by atoms with Crippen LogP contribution in [0.5, 0.6) is 0 Å². The summed E-state index contributed by atoms with van der Waals surface area (Å²) in [4.78, 5) is 0. The van der Waals surface area contributed by atoms with Crippen molar-refractivity contribution in [3.63, 3.8) is 0 Å². The third kappa shape index (κ3) is 8.22. The molecule has 0 saturated heterocycles. The van der Waals surface area contributed by atoms with Gasteiger partial charge in [-0.25, -0.2) is 0 Å². The van der Waals surface area contributed by atoms with Gasteiger partial charge in [0.25, 0.3) is 0 Å². The van der Waals surface area contributed by atoms with Crippen LogP contribution < -0.4 is 0 Å². The quantitative estimate of drug-likeness (QED) is 0.354. The number of hydrogen-bond donors (Lipinski definition) is 0. The first kappa shape index (κ1) is 9.22. The Bertz CT molecular complexity index is 67.0. The minimum Gasteiger partial charge on any atom is -0.0928 e. The molecule has 0 radical (unpaired) electrons. The molecule has 0 aromatic carbocycles. The van der Waals surface area contributed by atoms with E-state index in [0.29, 0.717) is 0 Å². The second-order valence-electron chi connectivity index (χ2n) is 2.09. The minimum absolute atomic E-state index is 1.13. The molecular formula is C8H15Br. The van der Waals surface area contributed by atoms with Crippen molar-refractivity contribution in [3.8, 4) is 0 Å². The van der Waals surface area contributed by atoms with E-state index in [-0.39, 0.29) is 0 Å². The predicted molar refractivity (Wildman–Crippen MR) is 47.1 cm³/mol. The molecule has 0 rings (SSSR count). The molecule has 0 nitrogen and oxygen atoms in total. The predicted octanol–water partition coefficient (Wildman–Crippen LogP) is 3.52. The van der Waals surface area contributed by atoms with Gasteiger partial charge in [0.2, 0.25) is 0 Å². The number of rotatable bonds is 5. The molecule has 0 fully saturated rings. The molecule has 0 aromatic heterocycles. The van der Waals surface area contributed by atoms with Crippen LogP contribution in [0, 0.1) is 0 Å². The number of hydrogen-bond acceptors (Lipinski definition) is 0. The molecule has 54 valence electrons. The van der Waals surface area contributed by atoms with Gasteiger partial charge in [-0.3, -0.25) is 0 Å². The summed E-state index contributed by atoms with van der Waals surface area (Å²) >= 11 is 3.38. The first-order valence-electron chi connectivity index (χ1n) is 3.62. The van der Waals surface area contributed by atoms with Crippen LogP contribution in [0.3, 0.4) is 0 Å². The van der Waals surface area contributed by atoms with Crippen LogP contribution in [0.15, 0.2) is 12.2 Å². The van der Waals surface area contributed by atoms with E-state index in [1.807, 2.05) is 0 Å². The Balaban J connectivity index is 2.86. The Kier molecular flexibility index (Phi) is 8.42. The summed E-state index contributed by atoms with van der Waals surface area (Å²) in [5.74, 6) is 0. The number of allylic oxidation sites excluding steroid dienone is 2. The van der Waals surface area contributed by atoms with E-state index in [2.05, 4.69) is 35.0 Å². The molecule has 1 heteroatoms. The van der Waals surface area contributed by atoms with Crippen molar-refractivity contribution in [3.05, 3.63) is 12.2 Å². The lowest BCUT2D eigenvalue weighted by Crippen LogP contribution is -1.70. The van der Waals surface area contributed by atoms with E-state index in [4.69, 9.17) is 0 Å². The molecule has 0 saturated carbocycles. The fraction of sp³-hybridized carbons (Fsp3) is 0.750. The lowest BCUT2D eigenvalue weighted by atomic mass is 10.2. The van der Waals surface area contributed by atoms with Gasteiger partial charge in [0.1, 0.15) is 0 Å². The van der Waals surface area contributed by atoms with Crippen molar-refractivity contribution < 1.29 is 0 Å². The molecule has 9 heavy (non-hydrogen) atoms. The zero-order valence-corrected chi connectivity index (χ0v) is 7.65. The van der Waals surface area contributed by atoms with Crippen molar-refractivity contribution in [1.29, 1.82) is 0 Å². The Morgan fingerprint density at radius 2 is 1.89 bits per heavy atom. The molecule has 0 heterocycles. The molecule has 0 aromatic rings. The summed E-state index contributed by atoms with van der Waals surface area (Å²) < 4.78 is 0. The molecule has 0 amide bonds. The van der Waals surface area contributed by atoms with E-state index < -0.39 is 0 Å². The first-order chi connectivity index (χ1) is 4.41. The lowest BCUT2D eigenvalue weighted by Gasteiger charge is -1.86. The highest BCUT2D eigenvalue weighted by atomic mass is 79.9. The average Bonchev–Trinajstić information content (AvgIpc) is 1.89. The van der Waals surface area contributed by atoms with Crippen molar-refractivity contribution in [2.45, 2.75) is 32.6 Å². The van der Waals surface area contributed by atoms with Gasteiger partial charge in [0.15, 0.2) is 0 Å². The van der Waals surface area contributed by atoms with Crippen LogP contribution in [-0.2, 0) is 0 Å². The zero-order chi connectivity index (χ0) is 6.95. The highest BCUT2D eigenvalue weighted by molar-refractivity contribution is 9.09. The van der Waals surface area contributed by atoms with Crippen LogP contribution in [0.25, 0.3) is 0 Å². The van der Waals surface area contributed by atoms with Gasteiger partial charge in [-0.15, -0.1) is 0 Å². The number of alkyl halides is 1. The van der Waals surface area contributed by atoms with Crippen LogP contribution in [0.1, 0.15) is 32.6 Å². The van der Waals surface area contributed by atoms with Gasteiger partial charge in [-0.1, -0.05) is 41.4 Å². The summed E-state index contributed by atoms with van der Waals surface area (Å²) in [6, 6.07) is 0. The van der Waals surface area contributed by atoms with Crippen LogP contribution in [0.2, 0.25) is 0 Å². The van der Waals surface area contributed by atoms with Crippen LogP contribution in [0.4, 0.5) is 0 Å². The standard InChI is InChI=1S/C8H15Br/c1-2-3-4-5-6-7-8-9/h4-5H,2-3,6-8H2,1H3/b5-4+. The Hall–Kier alpha value is 0.220. The number of unbranched alkanes of at least 4 members (excludes halogenated alkanes) is 2. The van der Waals surface area contributed by atoms with E-state index in [9.17, 15) is 0 Å². The van der Waals surface area contributed by atoms with E-state index in [1.165, 1.54) is 25.7 Å². The maximum atomic E-state index is 3.38. The summed E-state index contributed by atoms with van der Waals surface area (Å²) in [5.41, 5.74) is 0. The second-order valence-corrected chi connectivity index (χ2v) is 2.88. The fourth-order valence-electron chi connectivity index (χ4n) is 0.597. The SMILES string of the molecule is CCC/C=C/CCCBr. The van der Waals surface area contributed by atoms with Crippen LogP contribution in [-0.4, -0.2) is 5.33 Å². The third-order valence-electron chi connectivity index (χ3n) is 1.13. The lowest BCUT2D eigenvalue weighted by molar-refractivity contribution is 0.929. The molecule has 0 N–H and O–H groups in total. The fourth-order valence-corrected chi connectivity index (χ4v) is 0.921. The summed E-state index contributed by atoms with van der Waals surface area (Å²) in [5, 5.41) is 1.13. The molecule has 0 unspecified atom stereocenters. The molecule has 0 atom stereocenters. The molecule has 0 aliphatic rings. The second kappa shape index (κ2) is 8.22. The zero-order valence-electron chi connectivity index (χ0n) is 6.07. The highest BCUT2D eigenvalue weighted by Gasteiger charge is 1.77. The van der Waals surface area contributed by atoms with Crippen molar-refractivity contribution in [2.24, 2.45) is 0 Å². The Morgan fingerprint density at radius 1 is 1.22 bits per heavy atom. The number of halogens is 1. The minimum atomic E-state index is 1.13. The highest BCUT2D eigenvalue weighted by Crippen LogP contribution is 1.96. The summed E-state index contributed by atoms with van der Waals surface area (Å²) in [6.07, 6.45) is 9.53. The normalized spacial score (nSPS) is 10.9. The molecule has 0 aliphatic heterocycles. The van der Waals surface area contributed by atoms with Gasteiger partial charge in [0.05, 0.1) is 0 Å². The maximum absolute atomic E-state index is 3.38. The Morgan fingerprint density at radius 3 is 2.44 bits per heavy atom. The maximum Gasteiger partial charge on any atom is 0.00342 e. The van der Waals surface area contributed by atoms with Crippen molar-refractivity contribution in [2.75, 3.05) is 5.33 Å². The van der Waals surface area contributed by atoms with E-state index >= 15 is 0 Å². The molecular weight excluding hydrogens is 176 g/mol. The van der Waals surface area contributed by atoms with Crippen LogP contribution >= 0.6 is 15.9 Å². The Labute approximate surface area is 66.5 Å². The van der Waals surface area contributed by atoms with E-state index in [0.717, 1.165) is 5.33 Å². The topological polar surface area (TPSA) is 0 Å². The average molecular weight is 191 g/mol. The molecule has 0 bridgehead atoms. The molecule has 0 aliphatic carbocycles. The largest absolute Gasteiger partial charge is 0.0928 e. The summed E-state index contributed by atoms with van der Waals surface area (Å²) in [6.45, 7) is 2.20. The molecule has 0 spiro atoms.